The van der Waals surface area contributed by atoms with Crippen molar-refractivity contribution in [3.8, 4) is 11.5 Å². The van der Waals surface area contributed by atoms with Gasteiger partial charge in [0.25, 0.3) is 5.91 Å². The van der Waals surface area contributed by atoms with E-state index in [0.29, 0.717) is 17.7 Å². The first-order valence-corrected chi connectivity index (χ1v) is 7.48. The van der Waals surface area contributed by atoms with E-state index in [1.165, 1.54) is 0 Å². The standard InChI is InChI=1S/C18H20N2O4/c1-23-15-9-7-14(8-10-15)18(22)20-19-17(21)11-6-13-4-3-5-16(12-13)24-2/h3-5,7-10,12H,6,11H2,1-2H3,(H,19,21)(H,20,22). The van der Waals surface area contributed by atoms with Gasteiger partial charge in [-0.25, -0.2) is 0 Å². The molecule has 0 saturated carbocycles. The van der Waals surface area contributed by atoms with Crippen LogP contribution in [0.5, 0.6) is 11.5 Å². The van der Waals surface area contributed by atoms with Crippen LogP contribution in [0.3, 0.4) is 0 Å². The highest BCUT2D eigenvalue weighted by atomic mass is 16.5. The predicted molar refractivity (Wildman–Crippen MR) is 89.9 cm³/mol. The lowest BCUT2D eigenvalue weighted by Crippen LogP contribution is -2.41. The number of ether oxygens (including phenoxy) is 2. The SMILES string of the molecule is COc1ccc(C(=O)NNC(=O)CCc2cccc(OC)c2)cc1. The van der Waals surface area contributed by atoms with Gasteiger partial charge in [0.2, 0.25) is 5.91 Å². The highest BCUT2D eigenvalue weighted by Crippen LogP contribution is 2.14. The fraction of sp³-hybridized carbons (Fsp3) is 0.222. The summed E-state index contributed by atoms with van der Waals surface area (Å²) in [5, 5.41) is 0. The molecule has 2 aromatic carbocycles. The molecular formula is C18H20N2O4. The summed E-state index contributed by atoms with van der Waals surface area (Å²) in [6.45, 7) is 0. The van der Waals surface area contributed by atoms with Crippen molar-refractivity contribution in [3.63, 3.8) is 0 Å². The predicted octanol–water partition coefficient (Wildman–Crippen LogP) is 2.10. The minimum Gasteiger partial charge on any atom is -0.497 e. The van der Waals surface area contributed by atoms with E-state index in [-0.39, 0.29) is 18.2 Å². The van der Waals surface area contributed by atoms with Crippen LogP contribution in [0.1, 0.15) is 22.3 Å². The van der Waals surface area contributed by atoms with E-state index >= 15 is 0 Å². The van der Waals surface area contributed by atoms with Gasteiger partial charge in [-0.05, 0) is 48.4 Å². The fourth-order valence-corrected chi connectivity index (χ4v) is 2.09. The third-order valence-corrected chi connectivity index (χ3v) is 3.44. The molecule has 0 spiro atoms. The summed E-state index contributed by atoms with van der Waals surface area (Å²) in [7, 11) is 3.15. The number of benzene rings is 2. The maximum Gasteiger partial charge on any atom is 0.269 e. The van der Waals surface area contributed by atoms with Crippen molar-refractivity contribution in [1.82, 2.24) is 10.9 Å². The molecule has 2 N–H and O–H groups in total. The topological polar surface area (TPSA) is 76.7 Å². The van der Waals surface area contributed by atoms with Gasteiger partial charge >= 0.3 is 0 Å². The van der Waals surface area contributed by atoms with E-state index in [1.54, 1.807) is 38.5 Å². The lowest BCUT2D eigenvalue weighted by atomic mass is 10.1. The van der Waals surface area contributed by atoms with E-state index in [1.807, 2.05) is 24.3 Å². The smallest absolute Gasteiger partial charge is 0.269 e. The second-order valence-electron chi connectivity index (χ2n) is 5.08. The number of carbonyl (C=O) groups is 2. The summed E-state index contributed by atoms with van der Waals surface area (Å²) in [5.74, 6) is 0.765. The van der Waals surface area contributed by atoms with Crippen molar-refractivity contribution >= 4 is 11.8 Å². The highest BCUT2D eigenvalue weighted by Gasteiger charge is 2.08. The molecule has 0 aliphatic carbocycles. The molecule has 0 radical (unpaired) electrons. The molecule has 0 heterocycles. The number of nitrogens with one attached hydrogen (secondary N) is 2. The summed E-state index contributed by atoms with van der Waals surface area (Å²) in [4.78, 5) is 23.8. The lowest BCUT2D eigenvalue weighted by Gasteiger charge is -2.08. The quantitative estimate of drug-likeness (QED) is 0.796. The number of rotatable bonds is 6. The van der Waals surface area contributed by atoms with Crippen LogP contribution in [0, 0.1) is 0 Å². The molecule has 0 bridgehead atoms. The third kappa shape index (κ3) is 5.01. The van der Waals surface area contributed by atoms with Gasteiger partial charge in [0.15, 0.2) is 0 Å². The van der Waals surface area contributed by atoms with E-state index in [2.05, 4.69) is 10.9 Å². The van der Waals surface area contributed by atoms with Gasteiger partial charge in [0.05, 0.1) is 14.2 Å². The monoisotopic (exact) mass is 328 g/mol. The summed E-state index contributed by atoms with van der Waals surface area (Å²) in [6, 6.07) is 14.1. The normalized spacial score (nSPS) is 9.92. The molecule has 6 heteroatoms. The number of carbonyl (C=O) groups excluding carboxylic acids is 2. The molecule has 0 saturated heterocycles. The van der Waals surface area contributed by atoms with Crippen LogP contribution in [0.25, 0.3) is 0 Å². The van der Waals surface area contributed by atoms with Crippen LogP contribution in [0.2, 0.25) is 0 Å². The van der Waals surface area contributed by atoms with Crippen LogP contribution >= 0.6 is 0 Å². The summed E-state index contributed by atoms with van der Waals surface area (Å²) in [5.41, 5.74) is 6.22. The Hall–Kier alpha value is -3.02. The van der Waals surface area contributed by atoms with Gasteiger partial charge in [0, 0.05) is 12.0 Å². The molecule has 2 amide bonds. The van der Waals surface area contributed by atoms with Crippen LogP contribution in [-0.2, 0) is 11.2 Å². The van der Waals surface area contributed by atoms with E-state index in [9.17, 15) is 9.59 Å². The number of amides is 2. The average molecular weight is 328 g/mol. The van der Waals surface area contributed by atoms with Gasteiger partial charge in [-0.3, -0.25) is 20.4 Å². The molecule has 126 valence electrons. The van der Waals surface area contributed by atoms with Gasteiger partial charge in [-0.15, -0.1) is 0 Å². The maximum atomic E-state index is 11.9. The molecule has 0 unspecified atom stereocenters. The first-order valence-electron chi connectivity index (χ1n) is 7.48. The Balaban J connectivity index is 1.78. The van der Waals surface area contributed by atoms with Crippen LogP contribution in [0.4, 0.5) is 0 Å². The number of methoxy groups -OCH3 is 2. The van der Waals surface area contributed by atoms with Crippen molar-refractivity contribution in [2.45, 2.75) is 12.8 Å². The second kappa shape index (κ2) is 8.57. The number of hydrogen-bond donors (Lipinski definition) is 2. The third-order valence-electron chi connectivity index (χ3n) is 3.44. The Bertz CT molecular complexity index is 698. The number of hydrazine groups is 1. The molecule has 0 fully saturated rings. The highest BCUT2D eigenvalue weighted by molar-refractivity contribution is 5.95. The van der Waals surface area contributed by atoms with Crippen molar-refractivity contribution in [2.24, 2.45) is 0 Å². The fourth-order valence-electron chi connectivity index (χ4n) is 2.09. The van der Waals surface area contributed by atoms with Gasteiger partial charge in [0.1, 0.15) is 11.5 Å². The Labute approximate surface area is 140 Å². The maximum absolute atomic E-state index is 11.9. The van der Waals surface area contributed by atoms with Crippen molar-refractivity contribution in [2.75, 3.05) is 14.2 Å². The Morgan fingerprint density at radius 3 is 2.29 bits per heavy atom. The zero-order valence-corrected chi connectivity index (χ0v) is 13.7. The second-order valence-corrected chi connectivity index (χ2v) is 5.08. The van der Waals surface area contributed by atoms with Crippen molar-refractivity contribution < 1.29 is 19.1 Å². The summed E-state index contributed by atoms with van der Waals surface area (Å²) < 4.78 is 10.2. The Morgan fingerprint density at radius 1 is 0.917 bits per heavy atom. The number of hydrogen-bond acceptors (Lipinski definition) is 4. The Morgan fingerprint density at radius 2 is 1.62 bits per heavy atom. The largest absolute Gasteiger partial charge is 0.497 e. The van der Waals surface area contributed by atoms with Crippen LogP contribution in [-0.4, -0.2) is 26.0 Å². The minimum absolute atomic E-state index is 0.260. The van der Waals surface area contributed by atoms with Gasteiger partial charge in [-0.2, -0.15) is 0 Å². The van der Waals surface area contributed by atoms with Gasteiger partial charge in [-0.1, -0.05) is 12.1 Å². The van der Waals surface area contributed by atoms with Crippen molar-refractivity contribution in [1.29, 1.82) is 0 Å². The molecule has 6 nitrogen and oxygen atoms in total. The zero-order chi connectivity index (χ0) is 17.4. The molecule has 0 aliphatic rings. The van der Waals surface area contributed by atoms with E-state index < -0.39 is 0 Å². The minimum atomic E-state index is -0.382. The molecule has 2 aromatic rings. The molecule has 0 atom stereocenters. The van der Waals surface area contributed by atoms with E-state index in [4.69, 9.17) is 9.47 Å². The molecule has 2 rings (SSSR count). The molecule has 0 aromatic heterocycles. The van der Waals surface area contributed by atoms with Crippen molar-refractivity contribution in [3.05, 3.63) is 59.7 Å². The first kappa shape index (κ1) is 17.3. The summed E-state index contributed by atoms with van der Waals surface area (Å²) in [6.07, 6.45) is 0.817. The van der Waals surface area contributed by atoms with Crippen LogP contribution in [0.15, 0.2) is 48.5 Å². The number of aryl methyl sites for hydroxylation is 1. The lowest BCUT2D eigenvalue weighted by molar-refractivity contribution is -0.121. The molecule has 0 aliphatic heterocycles. The molecular weight excluding hydrogens is 308 g/mol. The Kier molecular flexibility index (Phi) is 6.19. The zero-order valence-electron chi connectivity index (χ0n) is 13.7. The average Bonchev–Trinajstić information content (AvgIpc) is 2.64. The first-order chi connectivity index (χ1) is 11.6. The summed E-state index contributed by atoms with van der Waals surface area (Å²) >= 11 is 0. The molecule has 24 heavy (non-hydrogen) atoms. The van der Waals surface area contributed by atoms with Crippen LogP contribution < -0.4 is 20.3 Å². The van der Waals surface area contributed by atoms with E-state index in [0.717, 1.165) is 11.3 Å². The van der Waals surface area contributed by atoms with Gasteiger partial charge < -0.3 is 9.47 Å².